The summed E-state index contributed by atoms with van der Waals surface area (Å²) >= 11 is 1.67. The first-order chi connectivity index (χ1) is 5.74. The number of ether oxygens (including phenoxy) is 1. The number of hydrogen-bond donors (Lipinski definition) is 0. The predicted molar refractivity (Wildman–Crippen MR) is 49.2 cm³/mol. The van der Waals surface area contributed by atoms with E-state index in [2.05, 4.69) is 4.74 Å². The molecule has 0 spiro atoms. The number of carbonyl (C=O) groups is 1. The molecule has 0 saturated heterocycles. The summed E-state index contributed by atoms with van der Waals surface area (Å²) in [5.41, 5.74) is 0. The van der Waals surface area contributed by atoms with Crippen molar-refractivity contribution in [1.82, 2.24) is 0 Å². The molecular formula is C9H12O2S. The zero-order valence-corrected chi connectivity index (χ0v) is 8.06. The maximum atomic E-state index is 11.0. The Balaban J connectivity index is 2.47. The highest BCUT2D eigenvalue weighted by atomic mass is 32.1. The smallest absolute Gasteiger partial charge is 0.308 e. The average molecular weight is 184 g/mol. The molecule has 0 aliphatic carbocycles. The minimum absolute atomic E-state index is 0.0337. The van der Waals surface area contributed by atoms with Gasteiger partial charge < -0.3 is 4.74 Å². The summed E-state index contributed by atoms with van der Waals surface area (Å²) in [6, 6.07) is 4.02. The van der Waals surface area contributed by atoms with Gasteiger partial charge in [-0.15, -0.1) is 11.3 Å². The van der Waals surface area contributed by atoms with E-state index < -0.39 is 0 Å². The molecule has 0 unspecified atom stereocenters. The number of rotatable bonds is 3. The van der Waals surface area contributed by atoms with Crippen molar-refractivity contribution in [2.75, 3.05) is 7.11 Å². The molecule has 1 heterocycles. The molecule has 66 valence electrons. The molecule has 0 radical (unpaired) electrons. The SMILES string of the molecule is COC(=O)[C@H](C)Cc1cccs1. The summed E-state index contributed by atoms with van der Waals surface area (Å²) in [4.78, 5) is 12.2. The van der Waals surface area contributed by atoms with Gasteiger partial charge in [0.25, 0.3) is 0 Å². The highest BCUT2D eigenvalue weighted by molar-refractivity contribution is 7.09. The summed E-state index contributed by atoms with van der Waals surface area (Å²) < 4.78 is 4.63. The highest BCUT2D eigenvalue weighted by Crippen LogP contribution is 2.14. The van der Waals surface area contributed by atoms with E-state index in [0.29, 0.717) is 0 Å². The van der Waals surface area contributed by atoms with Crippen LogP contribution in [-0.2, 0) is 16.0 Å². The molecule has 0 fully saturated rings. The van der Waals surface area contributed by atoms with E-state index in [0.717, 1.165) is 6.42 Å². The second-order valence-corrected chi connectivity index (χ2v) is 3.74. The predicted octanol–water partition coefficient (Wildman–Crippen LogP) is 2.10. The van der Waals surface area contributed by atoms with Gasteiger partial charge in [0, 0.05) is 4.88 Å². The van der Waals surface area contributed by atoms with Gasteiger partial charge in [-0.1, -0.05) is 13.0 Å². The summed E-state index contributed by atoms with van der Waals surface area (Å²) in [5.74, 6) is -0.169. The van der Waals surface area contributed by atoms with Gasteiger partial charge in [0.05, 0.1) is 13.0 Å². The summed E-state index contributed by atoms with van der Waals surface area (Å²) in [5, 5.41) is 2.01. The van der Waals surface area contributed by atoms with Crippen LogP contribution in [0.4, 0.5) is 0 Å². The largest absolute Gasteiger partial charge is 0.469 e. The van der Waals surface area contributed by atoms with Crippen molar-refractivity contribution in [3.05, 3.63) is 22.4 Å². The lowest BCUT2D eigenvalue weighted by Gasteiger charge is -2.06. The van der Waals surface area contributed by atoms with E-state index in [9.17, 15) is 4.79 Å². The van der Waals surface area contributed by atoms with Crippen LogP contribution in [0.15, 0.2) is 17.5 Å². The number of hydrogen-bond acceptors (Lipinski definition) is 3. The molecule has 0 aliphatic rings. The number of carbonyl (C=O) groups excluding carboxylic acids is 1. The second-order valence-electron chi connectivity index (χ2n) is 2.71. The third kappa shape index (κ3) is 2.34. The van der Waals surface area contributed by atoms with Crippen LogP contribution in [0.3, 0.4) is 0 Å². The Kier molecular flexibility index (Phi) is 3.29. The maximum absolute atomic E-state index is 11.0. The third-order valence-electron chi connectivity index (χ3n) is 1.69. The molecule has 3 heteroatoms. The van der Waals surface area contributed by atoms with Crippen LogP contribution in [0.2, 0.25) is 0 Å². The van der Waals surface area contributed by atoms with E-state index in [1.54, 1.807) is 11.3 Å². The van der Waals surface area contributed by atoms with E-state index in [-0.39, 0.29) is 11.9 Å². The molecule has 0 N–H and O–H groups in total. The molecule has 0 amide bonds. The van der Waals surface area contributed by atoms with Gasteiger partial charge in [-0.25, -0.2) is 0 Å². The molecule has 1 rings (SSSR count). The summed E-state index contributed by atoms with van der Waals surface area (Å²) in [7, 11) is 1.42. The van der Waals surface area contributed by atoms with Crippen LogP contribution in [0.1, 0.15) is 11.8 Å². The van der Waals surface area contributed by atoms with E-state index in [1.165, 1.54) is 12.0 Å². The van der Waals surface area contributed by atoms with Gasteiger partial charge in [0.2, 0.25) is 0 Å². The maximum Gasteiger partial charge on any atom is 0.308 e. The fourth-order valence-electron chi connectivity index (χ4n) is 1.02. The summed E-state index contributed by atoms with van der Waals surface area (Å²) in [6.45, 7) is 1.88. The monoisotopic (exact) mass is 184 g/mol. The lowest BCUT2D eigenvalue weighted by molar-refractivity contribution is -0.144. The average Bonchev–Trinajstić information content (AvgIpc) is 2.55. The van der Waals surface area contributed by atoms with Crippen LogP contribution >= 0.6 is 11.3 Å². The van der Waals surface area contributed by atoms with E-state index >= 15 is 0 Å². The Labute approximate surface area is 76.2 Å². The first kappa shape index (κ1) is 9.26. The highest BCUT2D eigenvalue weighted by Gasteiger charge is 2.13. The molecular weight excluding hydrogens is 172 g/mol. The first-order valence-corrected chi connectivity index (χ1v) is 4.72. The fourth-order valence-corrected chi connectivity index (χ4v) is 1.85. The number of methoxy groups -OCH3 is 1. The first-order valence-electron chi connectivity index (χ1n) is 3.84. The van der Waals surface area contributed by atoms with Crippen molar-refractivity contribution in [3.63, 3.8) is 0 Å². The topological polar surface area (TPSA) is 26.3 Å². The molecule has 2 nitrogen and oxygen atoms in total. The lowest BCUT2D eigenvalue weighted by Crippen LogP contribution is -2.14. The molecule has 0 saturated carbocycles. The Morgan fingerprint density at radius 2 is 2.50 bits per heavy atom. The minimum Gasteiger partial charge on any atom is -0.469 e. The molecule has 0 aliphatic heterocycles. The molecule has 0 aromatic carbocycles. The summed E-state index contributed by atoms with van der Waals surface area (Å²) in [6.07, 6.45) is 0.782. The zero-order valence-electron chi connectivity index (χ0n) is 7.24. The molecule has 1 aromatic heterocycles. The minimum atomic E-state index is -0.136. The van der Waals surface area contributed by atoms with Crippen molar-refractivity contribution >= 4 is 17.3 Å². The lowest BCUT2D eigenvalue weighted by atomic mass is 10.1. The van der Waals surface area contributed by atoms with Crippen molar-refractivity contribution in [2.45, 2.75) is 13.3 Å². The number of thiophene rings is 1. The standard InChI is InChI=1S/C9H12O2S/c1-7(9(10)11-2)6-8-4-3-5-12-8/h3-5,7H,6H2,1-2H3/t7-/m1/s1. The van der Waals surface area contributed by atoms with Crippen molar-refractivity contribution < 1.29 is 9.53 Å². The molecule has 1 aromatic rings. The van der Waals surface area contributed by atoms with Crippen LogP contribution < -0.4 is 0 Å². The Morgan fingerprint density at radius 1 is 1.75 bits per heavy atom. The van der Waals surface area contributed by atoms with Gasteiger partial charge in [-0.3, -0.25) is 4.79 Å². The van der Waals surface area contributed by atoms with Gasteiger partial charge in [0.15, 0.2) is 0 Å². The van der Waals surface area contributed by atoms with Crippen molar-refractivity contribution in [3.8, 4) is 0 Å². The Bertz CT molecular complexity index is 241. The molecule has 1 atom stereocenters. The van der Waals surface area contributed by atoms with Crippen LogP contribution in [0.5, 0.6) is 0 Å². The van der Waals surface area contributed by atoms with Crippen LogP contribution in [0, 0.1) is 5.92 Å². The van der Waals surface area contributed by atoms with Crippen LogP contribution in [-0.4, -0.2) is 13.1 Å². The molecule has 0 bridgehead atoms. The van der Waals surface area contributed by atoms with Gasteiger partial charge in [-0.2, -0.15) is 0 Å². The Hall–Kier alpha value is -0.830. The Morgan fingerprint density at radius 3 is 3.00 bits per heavy atom. The van der Waals surface area contributed by atoms with E-state index in [4.69, 9.17) is 0 Å². The van der Waals surface area contributed by atoms with Gasteiger partial charge in [-0.05, 0) is 17.9 Å². The number of esters is 1. The van der Waals surface area contributed by atoms with Gasteiger partial charge in [0.1, 0.15) is 0 Å². The second kappa shape index (κ2) is 4.26. The molecule has 12 heavy (non-hydrogen) atoms. The zero-order chi connectivity index (χ0) is 8.97. The van der Waals surface area contributed by atoms with Crippen LogP contribution in [0.25, 0.3) is 0 Å². The van der Waals surface area contributed by atoms with Crippen molar-refractivity contribution in [2.24, 2.45) is 5.92 Å². The quantitative estimate of drug-likeness (QED) is 0.672. The third-order valence-corrected chi connectivity index (χ3v) is 2.59. The normalized spacial score (nSPS) is 12.5. The van der Waals surface area contributed by atoms with Gasteiger partial charge >= 0.3 is 5.97 Å². The van der Waals surface area contributed by atoms with Crippen molar-refractivity contribution in [1.29, 1.82) is 0 Å². The van der Waals surface area contributed by atoms with E-state index in [1.807, 2.05) is 24.4 Å². The fraction of sp³-hybridized carbons (Fsp3) is 0.444.